The van der Waals surface area contributed by atoms with E-state index in [9.17, 15) is 4.39 Å². The smallest absolute Gasteiger partial charge is 0.165 e. The Labute approximate surface area is 113 Å². The van der Waals surface area contributed by atoms with Crippen molar-refractivity contribution < 1.29 is 9.13 Å². The Hall–Kier alpha value is -1.13. The van der Waals surface area contributed by atoms with Crippen molar-refractivity contribution in [3.63, 3.8) is 0 Å². The summed E-state index contributed by atoms with van der Waals surface area (Å²) in [6.45, 7) is 6.66. The number of methoxy groups -OCH3 is 1. The van der Waals surface area contributed by atoms with Gasteiger partial charge in [0.2, 0.25) is 0 Å². The third-order valence-electron chi connectivity index (χ3n) is 4.62. The molecule has 0 spiro atoms. The molecule has 0 aromatic heterocycles. The fourth-order valence-corrected chi connectivity index (χ4v) is 3.36. The first kappa shape index (κ1) is 12.9. The molecule has 0 radical (unpaired) electrons. The van der Waals surface area contributed by atoms with Crippen LogP contribution in [0.2, 0.25) is 0 Å². The van der Waals surface area contributed by atoms with Crippen molar-refractivity contribution in [2.45, 2.75) is 13.0 Å². The summed E-state index contributed by atoms with van der Waals surface area (Å²) in [4.78, 5) is 2.47. The van der Waals surface area contributed by atoms with Crippen molar-refractivity contribution in [3.8, 4) is 5.75 Å². The van der Waals surface area contributed by atoms with E-state index in [1.54, 1.807) is 12.1 Å². The molecule has 1 aromatic carbocycles. The van der Waals surface area contributed by atoms with Crippen LogP contribution in [-0.2, 0) is 0 Å². The van der Waals surface area contributed by atoms with E-state index in [0.29, 0.717) is 5.75 Å². The average molecular weight is 264 g/mol. The fraction of sp³-hybridized carbons (Fsp3) is 0.600. The van der Waals surface area contributed by atoms with Crippen LogP contribution in [0.1, 0.15) is 18.5 Å². The lowest BCUT2D eigenvalue weighted by Crippen LogP contribution is -2.28. The van der Waals surface area contributed by atoms with Crippen LogP contribution in [0, 0.1) is 17.7 Å². The van der Waals surface area contributed by atoms with Crippen LogP contribution < -0.4 is 10.1 Å². The molecule has 1 aromatic rings. The molecule has 3 nitrogen and oxygen atoms in total. The lowest BCUT2D eigenvalue weighted by molar-refractivity contribution is 0.243. The van der Waals surface area contributed by atoms with Gasteiger partial charge in [-0.15, -0.1) is 0 Å². The normalized spacial score (nSPS) is 28.4. The zero-order chi connectivity index (χ0) is 13.4. The first-order valence-corrected chi connectivity index (χ1v) is 6.97. The highest BCUT2D eigenvalue weighted by Gasteiger charge is 2.37. The largest absolute Gasteiger partial charge is 0.494 e. The molecule has 19 heavy (non-hydrogen) atoms. The van der Waals surface area contributed by atoms with Crippen LogP contribution >= 0.6 is 0 Å². The van der Waals surface area contributed by atoms with Crippen molar-refractivity contribution in [2.75, 3.05) is 33.3 Å². The zero-order valence-corrected chi connectivity index (χ0v) is 11.5. The minimum absolute atomic E-state index is 0.269. The van der Waals surface area contributed by atoms with Crippen LogP contribution in [-0.4, -0.2) is 38.2 Å². The van der Waals surface area contributed by atoms with E-state index < -0.39 is 0 Å². The summed E-state index contributed by atoms with van der Waals surface area (Å²) in [5, 5.41) is 3.44. The topological polar surface area (TPSA) is 24.5 Å². The maximum absolute atomic E-state index is 13.8. The number of ether oxygens (including phenoxy) is 1. The van der Waals surface area contributed by atoms with Gasteiger partial charge in [-0.2, -0.15) is 0 Å². The Balaban J connectivity index is 1.73. The van der Waals surface area contributed by atoms with E-state index in [1.807, 2.05) is 6.07 Å². The van der Waals surface area contributed by atoms with Gasteiger partial charge in [-0.1, -0.05) is 6.07 Å². The molecule has 104 valence electrons. The molecule has 0 bridgehead atoms. The van der Waals surface area contributed by atoms with E-state index >= 15 is 0 Å². The number of hydrogen-bond donors (Lipinski definition) is 1. The van der Waals surface area contributed by atoms with Crippen LogP contribution in [0.15, 0.2) is 18.2 Å². The SMILES string of the molecule is COc1ccc(C(C)N2CC3CNCC3C2)cc1F. The Morgan fingerprint density at radius 3 is 2.58 bits per heavy atom. The van der Waals surface area contributed by atoms with E-state index in [-0.39, 0.29) is 11.9 Å². The molecule has 3 unspecified atom stereocenters. The van der Waals surface area contributed by atoms with Gasteiger partial charge in [0.1, 0.15) is 0 Å². The molecule has 2 fully saturated rings. The number of nitrogens with zero attached hydrogens (tertiary/aromatic N) is 1. The minimum Gasteiger partial charge on any atom is -0.494 e. The maximum atomic E-state index is 13.8. The van der Waals surface area contributed by atoms with Crippen molar-refractivity contribution >= 4 is 0 Å². The molecular formula is C15H21FN2O. The van der Waals surface area contributed by atoms with E-state index in [4.69, 9.17) is 4.74 Å². The second kappa shape index (κ2) is 5.10. The molecule has 2 aliphatic rings. The van der Waals surface area contributed by atoms with Gasteiger partial charge in [0.25, 0.3) is 0 Å². The molecule has 0 aliphatic carbocycles. The summed E-state index contributed by atoms with van der Waals surface area (Å²) in [6.07, 6.45) is 0. The monoisotopic (exact) mass is 264 g/mol. The number of rotatable bonds is 3. The lowest BCUT2D eigenvalue weighted by atomic mass is 10.0. The Kier molecular flexibility index (Phi) is 3.46. The summed E-state index contributed by atoms with van der Waals surface area (Å²) in [7, 11) is 1.50. The standard InChI is InChI=1S/C15H21FN2O/c1-10(11-3-4-15(19-2)14(16)5-11)18-8-12-6-17-7-13(12)9-18/h3-5,10,12-13,17H,6-9H2,1-2H3. The van der Waals surface area contributed by atoms with E-state index in [0.717, 1.165) is 43.6 Å². The first-order chi connectivity index (χ1) is 9.19. The van der Waals surface area contributed by atoms with Gasteiger partial charge in [-0.25, -0.2) is 4.39 Å². The van der Waals surface area contributed by atoms with Gasteiger partial charge >= 0.3 is 0 Å². The predicted molar refractivity (Wildman–Crippen MR) is 72.8 cm³/mol. The molecule has 2 heterocycles. The number of nitrogens with one attached hydrogen (secondary N) is 1. The van der Waals surface area contributed by atoms with Crippen molar-refractivity contribution in [2.24, 2.45) is 11.8 Å². The second-order valence-electron chi connectivity index (χ2n) is 5.70. The molecule has 1 N–H and O–H groups in total. The molecule has 3 atom stereocenters. The highest BCUT2D eigenvalue weighted by atomic mass is 19.1. The molecule has 2 saturated heterocycles. The van der Waals surface area contributed by atoms with Gasteiger partial charge in [0.15, 0.2) is 11.6 Å². The van der Waals surface area contributed by atoms with Crippen LogP contribution in [0.5, 0.6) is 5.75 Å². The van der Waals surface area contributed by atoms with Gasteiger partial charge in [0, 0.05) is 19.1 Å². The fourth-order valence-electron chi connectivity index (χ4n) is 3.36. The lowest BCUT2D eigenvalue weighted by Gasteiger charge is -2.25. The van der Waals surface area contributed by atoms with Gasteiger partial charge < -0.3 is 10.1 Å². The molecule has 4 heteroatoms. The third kappa shape index (κ3) is 2.35. The van der Waals surface area contributed by atoms with Gasteiger partial charge in [-0.05, 0) is 49.5 Å². The van der Waals surface area contributed by atoms with Gasteiger partial charge in [0.05, 0.1) is 7.11 Å². The average Bonchev–Trinajstić information content (AvgIpc) is 2.98. The first-order valence-electron chi connectivity index (χ1n) is 6.97. The predicted octanol–water partition coefficient (Wildman–Crippen LogP) is 2.05. The summed E-state index contributed by atoms with van der Waals surface area (Å²) < 4.78 is 18.7. The maximum Gasteiger partial charge on any atom is 0.165 e. The Morgan fingerprint density at radius 2 is 2.00 bits per heavy atom. The van der Waals surface area contributed by atoms with E-state index in [2.05, 4.69) is 17.1 Å². The van der Waals surface area contributed by atoms with Crippen LogP contribution in [0.4, 0.5) is 4.39 Å². The highest BCUT2D eigenvalue weighted by molar-refractivity contribution is 5.31. The summed E-state index contributed by atoms with van der Waals surface area (Å²) >= 11 is 0. The minimum atomic E-state index is -0.270. The number of hydrogen-bond acceptors (Lipinski definition) is 3. The number of likely N-dealkylation sites (tertiary alicyclic amines) is 1. The van der Waals surface area contributed by atoms with Gasteiger partial charge in [-0.3, -0.25) is 4.90 Å². The number of fused-ring (bicyclic) bond motifs is 1. The highest BCUT2D eigenvalue weighted by Crippen LogP contribution is 2.33. The van der Waals surface area contributed by atoms with Crippen molar-refractivity contribution in [1.29, 1.82) is 0 Å². The molecule has 0 amide bonds. The van der Waals surface area contributed by atoms with E-state index in [1.165, 1.54) is 7.11 Å². The zero-order valence-electron chi connectivity index (χ0n) is 11.5. The summed E-state index contributed by atoms with van der Waals surface area (Å²) in [5.41, 5.74) is 1.03. The quantitative estimate of drug-likeness (QED) is 0.904. The molecule has 0 saturated carbocycles. The summed E-state index contributed by atoms with van der Waals surface area (Å²) in [5.74, 6) is 1.59. The van der Waals surface area contributed by atoms with Crippen LogP contribution in [0.25, 0.3) is 0 Å². The third-order valence-corrected chi connectivity index (χ3v) is 4.62. The number of benzene rings is 1. The summed E-state index contributed by atoms with van der Waals surface area (Å²) in [6, 6.07) is 5.57. The molecule has 3 rings (SSSR count). The Morgan fingerprint density at radius 1 is 1.32 bits per heavy atom. The van der Waals surface area contributed by atoms with Crippen molar-refractivity contribution in [1.82, 2.24) is 10.2 Å². The molecular weight excluding hydrogens is 243 g/mol. The molecule has 2 aliphatic heterocycles. The van der Waals surface area contributed by atoms with Crippen LogP contribution in [0.3, 0.4) is 0 Å². The second-order valence-corrected chi connectivity index (χ2v) is 5.70. The van der Waals surface area contributed by atoms with Crippen molar-refractivity contribution in [3.05, 3.63) is 29.6 Å². The number of halogens is 1. The Bertz CT molecular complexity index is 453.